The Morgan fingerprint density at radius 3 is 2.75 bits per heavy atom. The minimum absolute atomic E-state index is 0.158. The van der Waals surface area contributed by atoms with Gasteiger partial charge < -0.3 is 15.2 Å². The maximum Gasteiger partial charge on any atom is 0.322 e. The van der Waals surface area contributed by atoms with E-state index in [2.05, 4.69) is 5.32 Å². The highest BCUT2D eigenvalue weighted by atomic mass is 16.5. The normalized spacial score (nSPS) is 20.1. The Balaban J connectivity index is 1.99. The van der Waals surface area contributed by atoms with Gasteiger partial charge in [0.1, 0.15) is 11.8 Å². The van der Waals surface area contributed by atoms with Crippen molar-refractivity contribution in [1.29, 1.82) is 0 Å². The first-order valence-corrected chi connectivity index (χ1v) is 6.99. The molecule has 1 atom stereocenters. The average Bonchev–Trinajstić information content (AvgIpc) is 2.41. The van der Waals surface area contributed by atoms with Crippen molar-refractivity contribution in [3.05, 3.63) is 29.8 Å². The van der Waals surface area contributed by atoms with Crippen molar-refractivity contribution >= 4 is 5.97 Å². The van der Waals surface area contributed by atoms with E-state index in [0.29, 0.717) is 13.1 Å². The third kappa shape index (κ3) is 3.95. The van der Waals surface area contributed by atoms with E-state index in [1.165, 1.54) is 0 Å². The molecule has 1 aromatic rings. The quantitative estimate of drug-likeness (QED) is 0.851. The van der Waals surface area contributed by atoms with Gasteiger partial charge >= 0.3 is 5.97 Å². The van der Waals surface area contributed by atoms with Gasteiger partial charge in [-0.1, -0.05) is 12.1 Å². The lowest BCUT2D eigenvalue weighted by Gasteiger charge is -2.33. The van der Waals surface area contributed by atoms with Crippen LogP contribution in [0, 0.1) is 0 Å². The summed E-state index contributed by atoms with van der Waals surface area (Å²) in [6, 6.07) is 7.42. The number of carboxylic acid groups (broad SMARTS) is 1. The van der Waals surface area contributed by atoms with Crippen molar-refractivity contribution in [2.45, 2.75) is 32.5 Å². The summed E-state index contributed by atoms with van der Waals surface area (Å²) in [5.41, 5.74) is 1.11. The van der Waals surface area contributed by atoms with E-state index >= 15 is 0 Å². The number of carboxylic acids is 1. The Kier molecular flexibility index (Phi) is 4.98. The zero-order valence-corrected chi connectivity index (χ0v) is 12.0. The molecule has 2 N–H and O–H groups in total. The number of hydrogen-bond donors (Lipinski definition) is 2. The lowest BCUT2D eigenvalue weighted by molar-refractivity contribution is -0.144. The summed E-state index contributed by atoms with van der Waals surface area (Å²) in [5, 5.41) is 12.3. The van der Waals surface area contributed by atoms with E-state index < -0.39 is 12.0 Å². The van der Waals surface area contributed by atoms with Gasteiger partial charge in [0.15, 0.2) is 0 Å². The lowest BCUT2D eigenvalue weighted by Crippen LogP contribution is -2.54. The van der Waals surface area contributed by atoms with Gasteiger partial charge in [0.2, 0.25) is 0 Å². The van der Waals surface area contributed by atoms with E-state index in [1.807, 2.05) is 43.0 Å². The fourth-order valence-corrected chi connectivity index (χ4v) is 2.36. The number of nitrogens with one attached hydrogen (secondary N) is 1. The summed E-state index contributed by atoms with van der Waals surface area (Å²) in [6.07, 6.45) is 0.158. The van der Waals surface area contributed by atoms with Gasteiger partial charge in [-0.25, -0.2) is 0 Å². The van der Waals surface area contributed by atoms with E-state index in [4.69, 9.17) is 4.74 Å². The third-order valence-electron chi connectivity index (χ3n) is 3.32. The third-order valence-corrected chi connectivity index (χ3v) is 3.32. The van der Waals surface area contributed by atoms with Crippen molar-refractivity contribution in [3.63, 3.8) is 0 Å². The highest BCUT2D eigenvalue weighted by molar-refractivity contribution is 5.74. The van der Waals surface area contributed by atoms with Gasteiger partial charge in [-0.3, -0.25) is 9.69 Å². The van der Waals surface area contributed by atoms with Gasteiger partial charge in [0, 0.05) is 26.2 Å². The number of hydrogen-bond acceptors (Lipinski definition) is 4. The summed E-state index contributed by atoms with van der Waals surface area (Å²) in [5.74, 6) is 0.0795. The van der Waals surface area contributed by atoms with Crippen LogP contribution in [0.5, 0.6) is 5.75 Å². The van der Waals surface area contributed by atoms with Crippen molar-refractivity contribution < 1.29 is 14.6 Å². The summed E-state index contributed by atoms with van der Waals surface area (Å²) in [4.78, 5) is 13.2. The van der Waals surface area contributed by atoms with Crippen LogP contribution in [0.25, 0.3) is 0 Å². The molecule has 1 aliphatic rings. The molecule has 2 rings (SSSR count). The number of aliphatic carboxylic acids is 1. The highest BCUT2D eigenvalue weighted by Crippen LogP contribution is 2.16. The molecule has 0 spiro atoms. The monoisotopic (exact) mass is 278 g/mol. The zero-order valence-electron chi connectivity index (χ0n) is 12.0. The van der Waals surface area contributed by atoms with Crippen LogP contribution in [0.15, 0.2) is 24.3 Å². The van der Waals surface area contributed by atoms with Crippen molar-refractivity contribution in [3.8, 4) is 5.75 Å². The van der Waals surface area contributed by atoms with Crippen LogP contribution < -0.4 is 10.1 Å². The Morgan fingerprint density at radius 2 is 2.15 bits per heavy atom. The summed E-state index contributed by atoms with van der Waals surface area (Å²) in [7, 11) is 0. The Bertz CT molecular complexity index is 445. The number of piperazine rings is 1. The second-order valence-electron chi connectivity index (χ2n) is 5.34. The molecule has 0 amide bonds. The summed E-state index contributed by atoms with van der Waals surface area (Å²) >= 11 is 0. The lowest BCUT2D eigenvalue weighted by atomic mass is 10.1. The van der Waals surface area contributed by atoms with Crippen molar-refractivity contribution in [2.24, 2.45) is 0 Å². The van der Waals surface area contributed by atoms with Crippen molar-refractivity contribution in [2.75, 3.05) is 19.6 Å². The molecule has 5 nitrogen and oxygen atoms in total. The molecule has 1 saturated heterocycles. The van der Waals surface area contributed by atoms with Crippen LogP contribution in [0.4, 0.5) is 0 Å². The van der Waals surface area contributed by atoms with E-state index in [-0.39, 0.29) is 6.10 Å². The molecule has 0 radical (unpaired) electrons. The molecule has 0 bridgehead atoms. The topological polar surface area (TPSA) is 61.8 Å². The summed E-state index contributed by atoms with van der Waals surface area (Å²) < 4.78 is 5.60. The molecular formula is C15H22N2O3. The Hall–Kier alpha value is -1.59. The number of carbonyl (C=O) groups is 1. The molecule has 1 fully saturated rings. The molecule has 5 heteroatoms. The molecule has 0 aromatic heterocycles. The maximum absolute atomic E-state index is 11.2. The molecule has 0 aliphatic carbocycles. The van der Waals surface area contributed by atoms with Gasteiger partial charge in [-0.15, -0.1) is 0 Å². The smallest absolute Gasteiger partial charge is 0.322 e. The van der Waals surface area contributed by atoms with E-state index in [1.54, 1.807) is 0 Å². The van der Waals surface area contributed by atoms with Gasteiger partial charge in [-0.2, -0.15) is 0 Å². The van der Waals surface area contributed by atoms with Crippen LogP contribution in [0.2, 0.25) is 0 Å². The first-order chi connectivity index (χ1) is 9.56. The van der Waals surface area contributed by atoms with Gasteiger partial charge in [0.25, 0.3) is 0 Å². The number of nitrogens with zero attached hydrogens (tertiary/aromatic N) is 1. The number of ether oxygens (including phenoxy) is 1. The Morgan fingerprint density at radius 1 is 1.45 bits per heavy atom. The average molecular weight is 278 g/mol. The molecule has 0 saturated carbocycles. The Labute approximate surface area is 119 Å². The molecule has 110 valence electrons. The second kappa shape index (κ2) is 6.72. The highest BCUT2D eigenvalue weighted by Gasteiger charge is 2.27. The largest absolute Gasteiger partial charge is 0.491 e. The first-order valence-electron chi connectivity index (χ1n) is 6.99. The van der Waals surface area contributed by atoms with Crippen LogP contribution in [0.1, 0.15) is 19.4 Å². The van der Waals surface area contributed by atoms with Crippen molar-refractivity contribution in [1.82, 2.24) is 10.2 Å². The predicted octanol–water partition coefficient (Wildman–Crippen LogP) is 1.33. The number of benzene rings is 1. The number of rotatable bonds is 5. The molecule has 1 heterocycles. The fourth-order valence-electron chi connectivity index (χ4n) is 2.36. The second-order valence-corrected chi connectivity index (χ2v) is 5.34. The van der Waals surface area contributed by atoms with Gasteiger partial charge in [-0.05, 0) is 31.5 Å². The molecule has 1 aliphatic heterocycles. The standard InChI is InChI=1S/C15H22N2O3/c1-11(2)20-13-5-3-12(4-6-13)10-17-8-7-16-9-14(17)15(18)19/h3-6,11,14,16H,7-10H2,1-2H3,(H,18,19). The molecule has 20 heavy (non-hydrogen) atoms. The van der Waals surface area contributed by atoms with E-state index in [0.717, 1.165) is 24.4 Å². The van der Waals surface area contributed by atoms with Crippen LogP contribution in [-0.2, 0) is 11.3 Å². The molecule has 1 aromatic carbocycles. The molecular weight excluding hydrogens is 256 g/mol. The first kappa shape index (κ1) is 14.8. The SMILES string of the molecule is CC(C)Oc1ccc(CN2CCNCC2C(=O)O)cc1. The van der Waals surface area contributed by atoms with Crippen LogP contribution in [-0.4, -0.2) is 47.8 Å². The van der Waals surface area contributed by atoms with Crippen LogP contribution >= 0.6 is 0 Å². The fraction of sp³-hybridized carbons (Fsp3) is 0.533. The summed E-state index contributed by atoms with van der Waals surface area (Å²) in [6.45, 7) is 6.72. The van der Waals surface area contributed by atoms with Gasteiger partial charge in [0.05, 0.1) is 6.10 Å². The van der Waals surface area contributed by atoms with E-state index in [9.17, 15) is 9.90 Å². The minimum atomic E-state index is -0.767. The maximum atomic E-state index is 11.2. The zero-order chi connectivity index (χ0) is 14.5. The molecule has 1 unspecified atom stereocenters. The minimum Gasteiger partial charge on any atom is -0.491 e. The van der Waals surface area contributed by atoms with Crippen LogP contribution in [0.3, 0.4) is 0 Å². The predicted molar refractivity (Wildman–Crippen MR) is 76.9 cm³/mol.